The van der Waals surface area contributed by atoms with Gasteiger partial charge in [-0.2, -0.15) is 5.10 Å². The first-order valence-electron chi connectivity index (χ1n) is 4.18. The smallest absolute Gasteiger partial charge is 0.146 e. The summed E-state index contributed by atoms with van der Waals surface area (Å²) in [6.45, 7) is 1.92. The van der Waals surface area contributed by atoms with Gasteiger partial charge in [-0.25, -0.2) is 0 Å². The van der Waals surface area contributed by atoms with Gasteiger partial charge in [0.1, 0.15) is 10.8 Å². The van der Waals surface area contributed by atoms with Crippen molar-refractivity contribution in [2.24, 2.45) is 7.05 Å². The molecule has 2 heterocycles. The molecule has 2 N–H and O–H groups in total. The Labute approximate surface area is 86.1 Å². The van der Waals surface area contributed by atoms with Gasteiger partial charge in [-0.15, -0.1) is 0 Å². The summed E-state index contributed by atoms with van der Waals surface area (Å²) in [6, 6.07) is 1.91. The van der Waals surface area contributed by atoms with Crippen molar-refractivity contribution in [2.75, 3.05) is 5.73 Å². The predicted octanol–water partition coefficient (Wildman–Crippen LogP) is 2.05. The second-order valence-corrected chi connectivity index (χ2v) is 4.04. The maximum atomic E-state index is 5.77. The van der Waals surface area contributed by atoms with Crippen LogP contribution in [0.25, 0.3) is 0 Å². The number of nitrogens with zero attached hydrogens (tertiary/aromatic N) is 2. The highest BCUT2D eigenvalue weighted by molar-refractivity contribution is 7.99. The summed E-state index contributed by atoms with van der Waals surface area (Å²) in [7, 11) is 1.85. The number of nitrogen functional groups attached to an aromatic ring is 1. The van der Waals surface area contributed by atoms with E-state index in [9.17, 15) is 0 Å². The summed E-state index contributed by atoms with van der Waals surface area (Å²) in [6.07, 6.45) is 3.45. The number of aromatic nitrogens is 2. The van der Waals surface area contributed by atoms with Gasteiger partial charge in [0.15, 0.2) is 0 Å². The summed E-state index contributed by atoms with van der Waals surface area (Å²) in [5.41, 5.74) is 6.47. The maximum absolute atomic E-state index is 5.77. The number of hydrogen-bond acceptors (Lipinski definition) is 4. The largest absolute Gasteiger partial charge is 0.468 e. The standard InChI is InChI=1S/C9H11N3OS/c1-6-8(3-4-13-6)14-9-7(10)5-12(2)11-9/h3-5H,10H2,1-2H3. The van der Waals surface area contributed by atoms with E-state index < -0.39 is 0 Å². The molecule has 0 unspecified atom stereocenters. The van der Waals surface area contributed by atoms with E-state index in [4.69, 9.17) is 10.2 Å². The van der Waals surface area contributed by atoms with Crippen molar-refractivity contribution >= 4 is 17.4 Å². The minimum atomic E-state index is 0.693. The molecule has 14 heavy (non-hydrogen) atoms. The lowest BCUT2D eigenvalue weighted by atomic mass is 10.5. The molecule has 0 atom stereocenters. The number of furan rings is 1. The lowest BCUT2D eigenvalue weighted by molar-refractivity contribution is 0.527. The van der Waals surface area contributed by atoms with E-state index in [1.807, 2.05) is 20.0 Å². The third-order valence-electron chi connectivity index (χ3n) is 1.84. The summed E-state index contributed by atoms with van der Waals surface area (Å²) < 4.78 is 6.89. The second-order valence-electron chi connectivity index (χ2n) is 3.01. The number of nitrogens with two attached hydrogens (primary N) is 1. The predicted molar refractivity (Wildman–Crippen MR) is 55.2 cm³/mol. The van der Waals surface area contributed by atoms with Crippen molar-refractivity contribution in [3.63, 3.8) is 0 Å². The molecule has 0 aliphatic heterocycles. The zero-order chi connectivity index (χ0) is 10.1. The molecule has 0 saturated heterocycles. The minimum absolute atomic E-state index is 0.693. The summed E-state index contributed by atoms with van der Waals surface area (Å²) in [4.78, 5) is 1.05. The molecule has 0 aliphatic carbocycles. The van der Waals surface area contributed by atoms with E-state index in [1.165, 1.54) is 11.8 Å². The molecule has 2 rings (SSSR count). The first kappa shape index (κ1) is 9.21. The van der Waals surface area contributed by atoms with Crippen molar-refractivity contribution < 1.29 is 4.42 Å². The van der Waals surface area contributed by atoms with Crippen molar-refractivity contribution in [3.05, 3.63) is 24.3 Å². The van der Waals surface area contributed by atoms with Gasteiger partial charge in [-0.05, 0) is 13.0 Å². The van der Waals surface area contributed by atoms with E-state index in [-0.39, 0.29) is 0 Å². The molecule has 0 aromatic carbocycles. The van der Waals surface area contributed by atoms with Gasteiger partial charge in [0.25, 0.3) is 0 Å². The van der Waals surface area contributed by atoms with Crippen LogP contribution < -0.4 is 5.73 Å². The number of hydrogen-bond donors (Lipinski definition) is 1. The van der Waals surface area contributed by atoms with Crippen molar-refractivity contribution in [2.45, 2.75) is 16.8 Å². The van der Waals surface area contributed by atoms with Crippen LogP contribution in [0.4, 0.5) is 5.69 Å². The Morgan fingerprint density at radius 3 is 2.86 bits per heavy atom. The second kappa shape index (κ2) is 3.42. The van der Waals surface area contributed by atoms with Crippen LogP contribution in [0.1, 0.15) is 5.76 Å². The monoisotopic (exact) mass is 209 g/mol. The maximum Gasteiger partial charge on any atom is 0.146 e. The molecular formula is C9H11N3OS. The average molecular weight is 209 g/mol. The van der Waals surface area contributed by atoms with Crippen LogP contribution in [0.5, 0.6) is 0 Å². The molecule has 0 bridgehead atoms. The topological polar surface area (TPSA) is 57.0 Å². The fraction of sp³-hybridized carbons (Fsp3) is 0.222. The Morgan fingerprint density at radius 2 is 2.36 bits per heavy atom. The highest BCUT2D eigenvalue weighted by atomic mass is 32.2. The summed E-state index contributed by atoms with van der Waals surface area (Å²) >= 11 is 1.52. The lowest BCUT2D eigenvalue weighted by Crippen LogP contribution is -1.86. The average Bonchev–Trinajstić information content (AvgIpc) is 2.62. The molecule has 74 valence electrons. The normalized spacial score (nSPS) is 10.7. The molecule has 0 aliphatic rings. The minimum Gasteiger partial charge on any atom is -0.468 e. The van der Waals surface area contributed by atoms with E-state index in [0.29, 0.717) is 5.69 Å². The first-order valence-corrected chi connectivity index (χ1v) is 4.99. The van der Waals surface area contributed by atoms with Crippen LogP contribution in [-0.2, 0) is 7.05 Å². The van der Waals surface area contributed by atoms with Crippen LogP contribution in [0.15, 0.2) is 32.9 Å². The quantitative estimate of drug-likeness (QED) is 0.822. The number of rotatable bonds is 2. The molecule has 0 fully saturated rings. The van der Waals surface area contributed by atoms with Crippen LogP contribution in [0.2, 0.25) is 0 Å². The lowest BCUT2D eigenvalue weighted by Gasteiger charge is -1.95. The number of aryl methyl sites for hydroxylation is 2. The van der Waals surface area contributed by atoms with Gasteiger partial charge >= 0.3 is 0 Å². The molecular weight excluding hydrogens is 198 g/mol. The molecule has 0 spiro atoms. The van der Waals surface area contributed by atoms with E-state index in [2.05, 4.69) is 5.10 Å². The molecule has 4 nitrogen and oxygen atoms in total. The number of anilines is 1. The van der Waals surface area contributed by atoms with E-state index in [1.54, 1.807) is 17.1 Å². The van der Waals surface area contributed by atoms with Gasteiger partial charge in [0.05, 0.1) is 16.8 Å². The van der Waals surface area contributed by atoms with Gasteiger partial charge in [0, 0.05) is 13.2 Å². The third kappa shape index (κ3) is 1.63. The summed E-state index contributed by atoms with van der Waals surface area (Å²) in [5.74, 6) is 0.889. The van der Waals surface area contributed by atoms with Gasteiger partial charge in [-0.1, -0.05) is 11.8 Å². The Morgan fingerprint density at radius 1 is 1.57 bits per heavy atom. The van der Waals surface area contributed by atoms with Crippen molar-refractivity contribution in [3.8, 4) is 0 Å². The van der Waals surface area contributed by atoms with Crippen LogP contribution >= 0.6 is 11.8 Å². The van der Waals surface area contributed by atoms with Crippen LogP contribution in [0.3, 0.4) is 0 Å². The van der Waals surface area contributed by atoms with Gasteiger partial charge in [0.2, 0.25) is 0 Å². The molecule has 2 aromatic rings. The molecule has 2 aromatic heterocycles. The first-order chi connectivity index (χ1) is 6.66. The van der Waals surface area contributed by atoms with E-state index >= 15 is 0 Å². The SMILES string of the molecule is Cc1occc1Sc1nn(C)cc1N. The van der Waals surface area contributed by atoms with Gasteiger partial charge in [-0.3, -0.25) is 4.68 Å². The Bertz CT molecular complexity index is 447. The molecule has 0 radical (unpaired) electrons. The van der Waals surface area contributed by atoms with Crippen LogP contribution in [0, 0.1) is 6.92 Å². The molecule has 0 saturated carbocycles. The highest BCUT2D eigenvalue weighted by Gasteiger charge is 2.09. The fourth-order valence-electron chi connectivity index (χ4n) is 1.15. The Kier molecular flexibility index (Phi) is 2.25. The van der Waals surface area contributed by atoms with Gasteiger partial charge < -0.3 is 10.2 Å². The third-order valence-corrected chi connectivity index (χ3v) is 2.99. The van der Waals surface area contributed by atoms with E-state index in [0.717, 1.165) is 15.7 Å². The zero-order valence-electron chi connectivity index (χ0n) is 8.02. The molecule has 0 amide bonds. The molecule has 5 heteroatoms. The highest BCUT2D eigenvalue weighted by Crippen LogP contribution is 2.32. The summed E-state index contributed by atoms with van der Waals surface area (Å²) in [5, 5.41) is 5.06. The Hall–Kier alpha value is -1.36. The Balaban J connectivity index is 2.27. The van der Waals surface area contributed by atoms with Crippen molar-refractivity contribution in [1.29, 1.82) is 0 Å². The van der Waals surface area contributed by atoms with Crippen LogP contribution in [-0.4, -0.2) is 9.78 Å². The van der Waals surface area contributed by atoms with Crippen molar-refractivity contribution in [1.82, 2.24) is 9.78 Å². The zero-order valence-corrected chi connectivity index (χ0v) is 8.84. The fourth-order valence-corrected chi connectivity index (χ4v) is 2.01.